The summed E-state index contributed by atoms with van der Waals surface area (Å²) in [6.07, 6.45) is 1.13. The van der Waals surface area contributed by atoms with Gasteiger partial charge in [0, 0.05) is 29.4 Å². The van der Waals surface area contributed by atoms with E-state index in [9.17, 15) is 8.42 Å². The highest BCUT2D eigenvalue weighted by molar-refractivity contribution is 7.88. The first-order valence-corrected chi connectivity index (χ1v) is 8.55. The first-order valence-electron chi connectivity index (χ1n) is 6.25. The SMILES string of the molecule is COc1ccc(C(N)=S)c(NCC(C)(C)NS(C)(=O)=O)c1. The Morgan fingerprint density at radius 1 is 1.43 bits per heavy atom. The average molecular weight is 331 g/mol. The molecule has 21 heavy (non-hydrogen) atoms. The predicted octanol–water partition coefficient (Wildman–Crippen LogP) is 1.07. The fourth-order valence-corrected chi connectivity index (χ4v) is 3.12. The van der Waals surface area contributed by atoms with Crippen molar-refractivity contribution in [3.63, 3.8) is 0 Å². The minimum atomic E-state index is -3.29. The van der Waals surface area contributed by atoms with Crippen LogP contribution >= 0.6 is 12.2 Å². The Kier molecular flexibility index (Phi) is 5.54. The summed E-state index contributed by atoms with van der Waals surface area (Å²) in [7, 11) is -1.73. The van der Waals surface area contributed by atoms with Gasteiger partial charge in [0.1, 0.15) is 10.7 Å². The highest BCUT2D eigenvalue weighted by Crippen LogP contribution is 2.23. The number of nitrogens with one attached hydrogen (secondary N) is 2. The van der Waals surface area contributed by atoms with E-state index in [0.29, 0.717) is 23.5 Å². The molecule has 0 fully saturated rings. The predicted molar refractivity (Wildman–Crippen MR) is 89.4 cm³/mol. The van der Waals surface area contributed by atoms with Crippen LogP contribution in [0.25, 0.3) is 0 Å². The van der Waals surface area contributed by atoms with Crippen LogP contribution in [0.2, 0.25) is 0 Å². The fourth-order valence-electron chi connectivity index (χ4n) is 1.87. The van der Waals surface area contributed by atoms with Crippen molar-refractivity contribution >= 4 is 32.9 Å². The maximum atomic E-state index is 11.3. The molecule has 1 aromatic carbocycles. The monoisotopic (exact) mass is 331 g/mol. The van der Waals surface area contributed by atoms with E-state index < -0.39 is 15.6 Å². The molecule has 0 aliphatic carbocycles. The molecule has 0 heterocycles. The van der Waals surface area contributed by atoms with Crippen LogP contribution in [0.15, 0.2) is 18.2 Å². The first kappa shape index (κ1) is 17.7. The van der Waals surface area contributed by atoms with Crippen LogP contribution in [-0.2, 0) is 10.0 Å². The van der Waals surface area contributed by atoms with E-state index in [1.54, 1.807) is 39.2 Å². The lowest BCUT2D eigenvalue weighted by atomic mass is 10.1. The highest BCUT2D eigenvalue weighted by atomic mass is 32.2. The second kappa shape index (κ2) is 6.59. The molecule has 0 saturated heterocycles. The number of hydrogen-bond donors (Lipinski definition) is 3. The molecule has 0 bridgehead atoms. The lowest BCUT2D eigenvalue weighted by Gasteiger charge is -2.26. The van der Waals surface area contributed by atoms with Gasteiger partial charge in [0.25, 0.3) is 0 Å². The smallest absolute Gasteiger partial charge is 0.209 e. The molecule has 6 nitrogen and oxygen atoms in total. The summed E-state index contributed by atoms with van der Waals surface area (Å²) in [5.41, 5.74) is 6.40. The second-order valence-electron chi connectivity index (χ2n) is 5.39. The maximum absolute atomic E-state index is 11.3. The van der Waals surface area contributed by atoms with Crippen molar-refractivity contribution in [3.8, 4) is 5.75 Å². The third-order valence-corrected chi connectivity index (χ3v) is 3.82. The number of nitrogens with two attached hydrogens (primary N) is 1. The number of rotatable bonds is 7. The summed E-state index contributed by atoms with van der Waals surface area (Å²) in [6.45, 7) is 3.92. The minimum Gasteiger partial charge on any atom is -0.497 e. The molecule has 0 aliphatic rings. The van der Waals surface area contributed by atoms with Gasteiger partial charge in [-0.3, -0.25) is 0 Å². The molecule has 0 amide bonds. The average Bonchev–Trinajstić information content (AvgIpc) is 2.33. The molecular weight excluding hydrogens is 310 g/mol. The molecule has 4 N–H and O–H groups in total. The summed E-state index contributed by atoms with van der Waals surface area (Å²) in [5, 5.41) is 3.16. The van der Waals surface area contributed by atoms with Gasteiger partial charge in [-0.05, 0) is 26.0 Å². The number of methoxy groups -OCH3 is 1. The van der Waals surface area contributed by atoms with Crippen molar-refractivity contribution < 1.29 is 13.2 Å². The van der Waals surface area contributed by atoms with Crippen molar-refractivity contribution in [2.45, 2.75) is 19.4 Å². The van der Waals surface area contributed by atoms with Gasteiger partial charge in [-0.1, -0.05) is 12.2 Å². The van der Waals surface area contributed by atoms with E-state index in [4.69, 9.17) is 22.7 Å². The Bertz CT molecular complexity index is 628. The molecule has 0 aliphatic heterocycles. The molecule has 0 spiro atoms. The Morgan fingerprint density at radius 3 is 2.52 bits per heavy atom. The van der Waals surface area contributed by atoms with E-state index in [1.807, 2.05) is 0 Å². The van der Waals surface area contributed by atoms with Crippen LogP contribution in [0.5, 0.6) is 5.75 Å². The summed E-state index contributed by atoms with van der Waals surface area (Å²) in [5.74, 6) is 0.659. The first-order chi connectivity index (χ1) is 9.54. The molecular formula is C13H21N3O3S2. The van der Waals surface area contributed by atoms with Gasteiger partial charge in [0.2, 0.25) is 10.0 Å². The normalized spacial score (nSPS) is 12.0. The number of ether oxygens (including phenoxy) is 1. The molecule has 1 rings (SSSR count). The van der Waals surface area contributed by atoms with Crippen molar-refractivity contribution in [2.75, 3.05) is 25.2 Å². The molecule has 0 aromatic heterocycles. The number of thiocarbonyl (C=S) groups is 1. The molecule has 0 atom stereocenters. The van der Waals surface area contributed by atoms with Gasteiger partial charge in [-0.25, -0.2) is 13.1 Å². The summed E-state index contributed by atoms with van der Waals surface area (Å²) >= 11 is 5.01. The minimum absolute atomic E-state index is 0.258. The summed E-state index contributed by atoms with van der Waals surface area (Å²) in [4.78, 5) is 0.258. The lowest BCUT2D eigenvalue weighted by molar-refractivity contribution is 0.415. The zero-order chi connectivity index (χ0) is 16.3. The van der Waals surface area contributed by atoms with Crippen LogP contribution in [0, 0.1) is 0 Å². The second-order valence-corrected chi connectivity index (χ2v) is 7.58. The Balaban J connectivity index is 2.94. The third kappa shape index (κ3) is 5.86. The number of benzene rings is 1. The molecule has 0 radical (unpaired) electrons. The molecule has 0 saturated carbocycles. The number of sulfonamides is 1. The van der Waals surface area contributed by atoms with Gasteiger partial charge in [-0.15, -0.1) is 0 Å². The largest absolute Gasteiger partial charge is 0.497 e. The third-order valence-electron chi connectivity index (χ3n) is 2.67. The Morgan fingerprint density at radius 2 is 2.05 bits per heavy atom. The van der Waals surface area contributed by atoms with Gasteiger partial charge >= 0.3 is 0 Å². The van der Waals surface area contributed by atoms with Gasteiger partial charge in [0.15, 0.2) is 0 Å². The van der Waals surface area contributed by atoms with E-state index in [1.165, 1.54) is 0 Å². The molecule has 8 heteroatoms. The van der Waals surface area contributed by atoms with Crippen molar-refractivity contribution in [3.05, 3.63) is 23.8 Å². The standard InChI is InChI=1S/C13H21N3O3S2/c1-13(2,16-21(4,17)18)8-15-11-7-9(19-3)5-6-10(11)12(14)20/h5-7,15-16H,8H2,1-4H3,(H2,14,20). The van der Waals surface area contributed by atoms with Crippen LogP contribution in [0.4, 0.5) is 5.69 Å². The van der Waals surface area contributed by atoms with Crippen LogP contribution in [0.3, 0.4) is 0 Å². The zero-order valence-corrected chi connectivity index (χ0v) is 14.2. The van der Waals surface area contributed by atoms with Crippen LogP contribution in [0.1, 0.15) is 19.4 Å². The molecule has 118 valence electrons. The summed E-state index contributed by atoms with van der Waals surface area (Å²) in [6, 6.07) is 5.30. The topological polar surface area (TPSA) is 93.4 Å². The van der Waals surface area contributed by atoms with Gasteiger partial charge < -0.3 is 15.8 Å². The quantitative estimate of drug-likeness (QED) is 0.647. The van der Waals surface area contributed by atoms with Gasteiger partial charge in [-0.2, -0.15) is 0 Å². The van der Waals surface area contributed by atoms with Crippen molar-refractivity contribution in [1.82, 2.24) is 4.72 Å². The van der Waals surface area contributed by atoms with Crippen molar-refractivity contribution in [2.24, 2.45) is 5.73 Å². The molecule has 1 aromatic rings. The fraction of sp³-hybridized carbons (Fsp3) is 0.462. The number of anilines is 1. The van der Waals surface area contributed by atoms with Crippen molar-refractivity contribution in [1.29, 1.82) is 0 Å². The highest BCUT2D eigenvalue weighted by Gasteiger charge is 2.22. The van der Waals surface area contributed by atoms with Gasteiger partial charge in [0.05, 0.1) is 13.4 Å². The number of hydrogen-bond acceptors (Lipinski definition) is 5. The zero-order valence-electron chi connectivity index (χ0n) is 12.6. The Labute approximate surface area is 131 Å². The molecule has 0 unspecified atom stereocenters. The van der Waals surface area contributed by atoms with E-state index in [-0.39, 0.29) is 4.99 Å². The summed E-state index contributed by atoms with van der Waals surface area (Å²) < 4.78 is 30.4. The maximum Gasteiger partial charge on any atom is 0.209 e. The van der Waals surface area contributed by atoms with E-state index >= 15 is 0 Å². The van der Waals surface area contributed by atoms with E-state index in [0.717, 1.165) is 6.26 Å². The van der Waals surface area contributed by atoms with Crippen LogP contribution in [-0.4, -0.2) is 38.9 Å². The van der Waals surface area contributed by atoms with E-state index in [2.05, 4.69) is 10.0 Å². The lowest BCUT2D eigenvalue weighted by Crippen LogP contribution is -2.47. The van der Waals surface area contributed by atoms with Crippen LogP contribution < -0.4 is 20.5 Å². The Hall–Kier alpha value is -1.38.